The highest BCUT2D eigenvalue weighted by Gasteiger charge is 2.32. The summed E-state index contributed by atoms with van der Waals surface area (Å²) in [7, 11) is 0. The topological polar surface area (TPSA) is 192 Å². The van der Waals surface area contributed by atoms with E-state index >= 15 is 0 Å². The van der Waals surface area contributed by atoms with E-state index in [1.807, 2.05) is 67.7 Å². The van der Waals surface area contributed by atoms with Gasteiger partial charge in [-0.2, -0.15) is 0 Å². The number of aromatic nitrogens is 1. The number of benzene rings is 2. The molecule has 0 spiro atoms. The average Bonchev–Trinajstić information content (AvgIpc) is 3.41. The average molecular weight is 593 g/mol. The molecule has 0 aliphatic rings. The fraction of sp³-hybridized carbons (Fsp3) is 0.438. The maximum atomic E-state index is 13.6. The van der Waals surface area contributed by atoms with Gasteiger partial charge in [0, 0.05) is 23.5 Å². The van der Waals surface area contributed by atoms with Gasteiger partial charge in [-0.3, -0.25) is 14.4 Å². The van der Waals surface area contributed by atoms with Crippen LogP contribution in [-0.2, 0) is 32.0 Å². The first-order valence-corrected chi connectivity index (χ1v) is 14.8. The van der Waals surface area contributed by atoms with Crippen LogP contribution < -0.4 is 27.4 Å². The summed E-state index contributed by atoms with van der Waals surface area (Å²) in [6, 6.07) is 12.7. The zero-order valence-corrected chi connectivity index (χ0v) is 24.8. The summed E-state index contributed by atoms with van der Waals surface area (Å²) in [5.41, 5.74) is 14.5. The van der Waals surface area contributed by atoms with Crippen LogP contribution in [0.2, 0.25) is 0 Å². The molecule has 0 fully saturated rings. The zero-order chi connectivity index (χ0) is 31.4. The minimum atomic E-state index is -1.15. The van der Waals surface area contributed by atoms with Gasteiger partial charge in [-0.1, -0.05) is 68.8 Å². The number of fused-ring (bicyclic) bond motifs is 1. The molecule has 43 heavy (non-hydrogen) atoms. The Bertz CT molecular complexity index is 1360. The van der Waals surface area contributed by atoms with Gasteiger partial charge in [0.15, 0.2) is 0 Å². The number of hydrogen-bond acceptors (Lipinski definition) is 6. The number of carboxylic acids is 1. The monoisotopic (exact) mass is 592 g/mol. The first-order valence-electron chi connectivity index (χ1n) is 14.8. The van der Waals surface area contributed by atoms with Gasteiger partial charge in [-0.15, -0.1) is 0 Å². The van der Waals surface area contributed by atoms with E-state index in [1.165, 1.54) is 0 Å². The van der Waals surface area contributed by atoms with Crippen LogP contribution in [-0.4, -0.2) is 64.5 Å². The number of hydrogen-bond donors (Lipinski definition) is 7. The van der Waals surface area contributed by atoms with Crippen molar-refractivity contribution in [2.75, 3.05) is 6.54 Å². The Kier molecular flexibility index (Phi) is 12.7. The third-order valence-corrected chi connectivity index (χ3v) is 7.72. The number of amides is 3. The lowest BCUT2D eigenvalue weighted by atomic mass is 9.98. The molecule has 2 aromatic carbocycles. The van der Waals surface area contributed by atoms with E-state index in [9.17, 15) is 24.3 Å². The SMILES string of the molecule is CCC(C)C(NC(=O)C(Cc1ccccc1)NC(=O)C(CCCCN)NC(=O)C(N)Cc1c[nH]c2ccccc12)C(=O)O. The third-order valence-electron chi connectivity index (χ3n) is 7.72. The number of para-hydroxylation sites is 1. The van der Waals surface area contributed by atoms with Gasteiger partial charge in [0.2, 0.25) is 17.7 Å². The summed E-state index contributed by atoms with van der Waals surface area (Å²) < 4.78 is 0. The van der Waals surface area contributed by atoms with Crippen molar-refractivity contribution in [2.24, 2.45) is 17.4 Å². The highest BCUT2D eigenvalue weighted by atomic mass is 16.4. The van der Waals surface area contributed by atoms with E-state index in [4.69, 9.17) is 11.5 Å². The molecule has 5 unspecified atom stereocenters. The Morgan fingerprint density at radius 2 is 1.51 bits per heavy atom. The molecule has 0 bridgehead atoms. The molecule has 9 N–H and O–H groups in total. The molecular formula is C32H44N6O5. The lowest BCUT2D eigenvalue weighted by Gasteiger charge is -2.27. The predicted octanol–water partition coefficient (Wildman–Crippen LogP) is 1.99. The molecule has 1 heterocycles. The number of aromatic amines is 1. The Balaban J connectivity index is 1.76. The van der Waals surface area contributed by atoms with Gasteiger partial charge in [-0.05, 0) is 55.3 Å². The van der Waals surface area contributed by atoms with Gasteiger partial charge in [0.1, 0.15) is 18.1 Å². The molecule has 3 amide bonds. The van der Waals surface area contributed by atoms with Gasteiger partial charge in [0.25, 0.3) is 0 Å². The molecule has 3 rings (SSSR count). The minimum absolute atomic E-state index is 0.134. The van der Waals surface area contributed by atoms with Crippen LogP contribution in [0.1, 0.15) is 50.7 Å². The fourth-order valence-electron chi connectivity index (χ4n) is 4.94. The van der Waals surface area contributed by atoms with E-state index in [1.54, 1.807) is 6.92 Å². The summed E-state index contributed by atoms with van der Waals surface area (Å²) >= 11 is 0. The van der Waals surface area contributed by atoms with E-state index in [0.29, 0.717) is 32.2 Å². The second kappa shape index (κ2) is 16.4. The number of carboxylic acid groups (broad SMARTS) is 1. The van der Waals surface area contributed by atoms with Gasteiger partial charge >= 0.3 is 5.97 Å². The fourth-order valence-corrected chi connectivity index (χ4v) is 4.94. The first-order chi connectivity index (χ1) is 20.6. The number of H-pyrrole nitrogens is 1. The standard InChI is InChI=1S/C32H44N6O5/c1-3-20(2)28(32(42)43)38-31(41)27(17-21-11-5-4-6-12-21)37-30(40)26(15-9-10-16-33)36-29(39)24(34)18-22-19-35-25-14-8-7-13-23(22)25/h4-8,11-14,19-20,24,26-28,35H,3,9-10,15-18,33-34H2,1-2H3,(H,36,39)(H,37,40)(H,38,41)(H,42,43). The second-order valence-corrected chi connectivity index (χ2v) is 11.0. The van der Waals surface area contributed by atoms with Crippen molar-refractivity contribution in [2.45, 2.75) is 76.5 Å². The van der Waals surface area contributed by atoms with Crippen molar-refractivity contribution in [3.8, 4) is 0 Å². The molecule has 11 heteroatoms. The molecule has 0 saturated carbocycles. The van der Waals surface area contributed by atoms with E-state index in [2.05, 4.69) is 20.9 Å². The van der Waals surface area contributed by atoms with E-state index in [-0.39, 0.29) is 18.8 Å². The lowest BCUT2D eigenvalue weighted by molar-refractivity contribution is -0.143. The second-order valence-electron chi connectivity index (χ2n) is 11.0. The van der Waals surface area contributed by atoms with Crippen molar-refractivity contribution < 1.29 is 24.3 Å². The van der Waals surface area contributed by atoms with Crippen molar-refractivity contribution in [1.82, 2.24) is 20.9 Å². The molecule has 1 aromatic heterocycles. The number of unbranched alkanes of at least 4 members (excludes halogenated alkanes) is 1. The molecule has 0 saturated heterocycles. The molecule has 232 valence electrons. The molecule has 5 atom stereocenters. The van der Waals surface area contributed by atoms with E-state index in [0.717, 1.165) is 22.0 Å². The van der Waals surface area contributed by atoms with Crippen LogP contribution in [0, 0.1) is 5.92 Å². The number of nitrogens with one attached hydrogen (secondary N) is 4. The van der Waals surface area contributed by atoms with Crippen LogP contribution in [0.15, 0.2) is 60.8 Å². The number of rotatable bonds is 17. The zero-order valence-electron chi connectivity index (χ0n) is 24.8. The maximum absolute atomic E-state index is 13.6. The van der Waals surface area contributed by atoms with Crippen molar-refractivity contribution in [1.29, 1.82) is 0 Å². The quantitative estimate of drug-likeness (QED) is 0.117. The molecular weight excluding hydrogens is 548 g/mol. The maximum Gasteiger partial charge on any atom is 0.326 e. The van der Waals surface area contributed by atoms with Crippen molar-refractivity contribution in [3.05, 3.63) is 71.9 Å². The van der Waals surface area contributed by atoms with Crippen LogP contribution in [0.3, 0.4) is 0 Å². The normalized spacial score (nSPS) is 14.7. The van der Waals surface area contributed by atoms with Crippen LogP contribution in [0.5, 0.6) is 0 Å². The summed E-state index contributed by atoms with van der Waals surface area (Å²) in [5.74, 6) is -3.14. The number of carbonyl (C=O) groups is 4. The molecule has 0 aliphatic carbocycles. The smallest absolute Gasteiger partial charge is 0.326 e. The van der Waals surface area contributed by atoms with E-state index < -0.39 is 47.9 Å². The highest BCUT2D eigenvalue weighted by Crippen LogP contribution is 2.19. The van der Waals surface area contributed by atoms with Crippen LogP contribution >= 0.6 is 0 Å². The number of carbonyl (C=O) groups excluding carboxylic acids is 3. The van der Waals surface area contributed by atoms with Crippen molar-refractivity contribution >= 4 is 34.6 Å². The summed E-state index contributed by atoms with van der Waals surface area (Å²) in [5, 5.41) is 18.8. The molecule has 11 nitrogen and oxygen atoms in total. The summed E-state index contributed by atoms with van der Waals surface area (Å²) in [6.07, 6.45) is 4.26. The minimum Gasteiger partial charge on any atom is -0.480 e. The largest absolute Gasteiger partial charge is 0.480 e. The highest BCUT2D eigenvalue weighted by molar-refractivity contribution is 5.94. The Labute approximate surface area is 252 Å². The molecule has 0 aliphatic heterocycles. The number of nitrogens with two attached hydrogens (primary N) is 2. The van der Waals surface area contributed by atoms with Gasteiger partial charge in [-0.25, -0.2) is 4.79 Å². The molecule has 0 radical (unpaired) electrons. The number of aliphatic carboxylic acids is 1. The predicted molar refractivity (Wildman–Crippen MR) is 166 cm³/mol. The Hall–Kier alpha value is -4.22. The summed E-state index contributed by atoms with van der Waals surface area (Å²) in [6.45, 7) is 4.01. The van der Waals surface area contributed by atoms with Gasteiger partial charge in [0.05, 0.1) is 6.04 Å². The van der Waals surface area contributed by atoms with Crippen LogP contribution in [0.25, 0.3) is 10.9 Å². The summed E-state index contributed by atoms with van der Waals surface area (Å²) in [4.78, 5) is 55.3. The molecule has 3 aromatic rings. The van der Waals surface area contributed by atoms with Crippen molar-refractivity contribution in [3.63, 3.8) is 0 Å². The Morgan fingerprint density at radius 1 is 0.860 bits per heavy atom. The lowest BCUT2D eigenvalue weighted by Crippen LogP contribution is -2.58. The first kappa shape index (κ1) is 33.3. The van der Waals surface area contributed by atoms with Gasteiger partial charge < -0.3 is 37.5 Å². The van der Waals surface area contributed by atoms with Crippen LogP contribution in [0.4, 0.5) is 0 Å². The third kappa shape index (κ3) is 9.65. The Morgan fingerprint density at radius 3 is 2.19 bits per heavy atom.